The zero-order valence-corrected chi connectivity index (χ0v) is 14.7. The van der Waals surface area contributed by atoms with Crippen LogP contribution in [-0.4, -0.2) is 23.2 Å². The molecular formula is C22H17N3O2. The van der Waals surface area contributed by atoms with E-state index >= 15 is 0 Å². The van der Waals surface area contributed by atoms with Gasteiger partial charge in [-0.05, 0) is 18.2 Å². The Labute approximate surface area is 156 Å². The van der Waals surface area contributed by atoms with Gasteiger partial charge in [-0.2, -0.15) is 0 Å². The lowest BCUT2D eigenvalue weighted by atomic mass is 10.0. The van der Waals surface area contributed by atoms with Crippen LogP contribution < -0.4 is 10.1 Å². The second kappa shape index (κ2) is 7.25. The van der Waals surface area contributed by atoms with Crippen molar-refractivity contribution in [1.82, 2.24) is 10.2 Å². The number of hydrogen-bond donors (Lipinski definition) is 1. The smallest absolute Gasteiger partial charge is 0.258 e. The molecule has 0 radical (unpaired) electrons. The highest BCUT2D eigenvalue weighted by molar-refractivity contribution is 6.16. The number of nitrogens with one attached hydrogen (secondary N) is 1. The van der Waals surface area contributed by atoms with Crippen molar-refractivity contribution in [2.24, 2.45) is 0 Å². The van der Waals surface area contributed by atoms with Gasteiger partial charge in [0.15, 0.2) is 0 Å². The lowest BCUT2D eigenvalue weighted by Gasteiger charge is -2.13. The van der Waals surface area contributed by atoms with Gasteiger partial charge >= 0.3 is 0 Å². The standard InChI is InChI=1S/C22H17N3O2/c1-27-19-14-8-7-13-18(19)23-22(26)20-16-11-5-6-12-17(16)24-25-21(20)15-9-3-2-4-10-15/h2-14H,1H3,(H,23,26). The van der Waals surface area contributed by atoms with Crippen molar-refractivity contribution >= 4 is 22.5 Å². The van der Waals surface area contributed by atoms with E-state index in [1.807, 2.05) is 66.7 Å². The second-order valence-corrected chi connectivity index (χ2v) is 5.96. The molecule has 4 aromatic rings. The Hall–Kier alpha value is -3.73. The van der Waals surface area contributed by atoms with Crippen LogP contribution in [0.15, 0.2) is 78.9 Å². The van der Waals surface area contributed by atoms with Gasteiger partial charge in [0.05, 0.1) is 23.9 Å². The predicted octanol–water partition coefficient (Wildman–Crippen LogP) is 4.56. The van der Waals surface area contributed by atoms with Gasteiger partial charge in [-0.1, -0.05) is 60.7 Å². The monoisotopic (exact) mass is 355 g/mol. The molecule has 0 spiro atoms. The van der Waals surface area contributed by atoms with E-state index in [4.69, 9.17) is 4.74 Å². The Morgan fingerprint density at radius 2 is 1.56 bits per heavy atom. The normalized spacial score (nSPS) is 10.6. The molecular weight excluding hydrogens is 338 g/mol. The molecule has 1 aromatic heterocycles. The van der Waals surface area contributed by atoms with Crippen molar-refractivity contribution in [2.75, 3.05) is 12.4 Å². The fraction of sp³-hybridized carbons (Fsp3) is 0.0455. The topological polar surface area (TPSA) is 64.1 Å². The van der Waals surface area contributed by atoms with Crippen molar-refractivity contribution in [3.05, 3.63) is 84.4 Å². The maximum Gasteiger partial charge on any atom is 0.258 e. The Balaban J connectivity index is 1.87. The van der Waals surface area contributed by atoms with Crippen LogP contribution in [0.1, 0.15) is 10.4 Å². The van der Waals surface area contributed by atoms with Crippen LogP contribution in [0.4, 0.5) is 5.69 Å². The van der Waals surface area contributed by atoms with Crippen LogP contribution in [0, 0.1) is 0 Å². The van der Waals surface area contributed by atoms with Crippen molar-refractivity contribution < 1.29 is 9.53 Å². The molecule has 0 saturated heterocycles. The van der Waals surface area contributed by atoms with Gasteiger partial charge < -0.3 is 10.1 Å². The van der Waals surface area contributed by atoms with Crippen LogP contribution in [0.25, 0.3) is 22.2 Å². The molecule has 27 heavy (non-hydrogen) atoms. The van der Waals surface area contributed by atoms with E-state index in [1.165, 1.54) is 0 Å². The largest absolute Gasteiger partial charge is 0.495 e. The summed E-state index contributed by atoms with van der Waals surface area (Å²) >= 11 is 0. The predicted molar refractivity (Wildman–Crippen MR) is 106 cm³/mol. The first-order valence-electron chi connectivity index (χ1n) is 8.53. The number of carbonyl (C=O) groups excluding carboxylic acids is 1. The molecule has 0 aliphatic rings. The molecule has 4 rings (SSSR count). The summed E-state index contributed by atoms with van der Waals surface area (Å²) in [7, 11) is 1.57. The molecule has 1 N–H and O–H groups in total. The van der Waals surface area contributed by atoms with Gasteiger partial charge in [0, 0.05) is 10.9 Å². The van der Waals surface area contributed by atoms with E-state index in [0.29, 0.717) is 28.2 Å². The maximum atomic E-state index is 13.3. The summed E-state index contributed by atoms with van der Waals surface area (Å²) < 4.78 is 5.34. The third-order valence-electron chi connectivity index (χ3n) is 4.30. The summed E-state index contributed by atoms with van der Waals surface area (Å²) in [6, 6.07) is 24.4. The number of nitrogens with zero attached hydrogens (tertiary/aromatic N) is 2. The Morgan fingerprint density at radius 3 is 2.37 bits per heavy atom. The lowest BCUT2D eigenvalue weighted by Crippen LogP contribution is -2.15. The minimum Gasteiger partial charge on any atom is -0.495 e. The minimum absolute atomic E-state index is 0.260. The SMILES string of the molecule is COc1ccccc1NC(=O)c1c(-c2ccccc2)nnc2ccccc12. The van der Waals surface area contributed by atoms with Crippen molar-refractivity contribution in [3.63, 3.8) is 0 Å². The summed E-state index contributed by atoms with van der Waals surface area (Å²) in [4.78, 5) is 13.3. The average molecular weight is 355 g/mol. The number of ether oxygens (including phenoxy) is 1. The highest BCUT2D eigenvalue weighted by Crippen LogP contribution is 2.29. The number of anilines is 1. The average Bonchev–Trinajstić information content (AvgIpc) is 2.74. The van der Waals surface area contributed by atoms with E-state index in [2.05, 4.69) is 15.5 Å². The first-order valence-corrected chi connectivity index (χ1v) is 8.53. The van der Waals surface area contributed by atoms with Gasteiger partial charge in [0.1, 0.15) is 11.4 Å². The molecule has 1 heterocycles. The van der Waals surface area contributed by atoms with E-state index in [0.717, 1.165) is 10.9 Å². The number of para-hydroxylation sites is 2. The highest BCUT2D eigenvalue weighted by atomic mass is 16.5. The molecule has 0 bridgehead atoms. The third-order valence-corrected chi connectivity index (χ3v) is 4.30. The van der Waals surface area contributed by atoms with Gasteiger partial charge in [-0.3, -0.25) is 4.79 Å². The summed E-state index contributed by atoms with van der Waals surface area (Å²) in [6.45, 7) is 0. The molecule has 0 aliphatic carbocycles. The molecule has 5 heteroatoms. The molecule has 0 fully saturated rings. The Bertz CT molecular complexity index is 1110. The molecule has 3 aromatic carbocycles. The van der Waals surface area contributed by atoms with Crippen LogP contribution >= 0.6 is 0 Å². The summed E-state index contributed by atoms with van der Waals surface area (Å²) in [5.74, 6) is 0.336. The van der Waals surface area contributed by atoms with Crippen LogP contribution in [0.3, 0.4) is 0 Å². The summed E-state index contributed by atoms with van der Waals surface area (Å²) in [5.41, 5.74) is 3.13. The molecule has 0 atom stereocenters. The summed E-state index contributed by atoms with van der Waals surface area (Å²) in [5, 5.41) is 12.3. The fourth-order valence-corrected chi connectivity index (χ4v) is 3.01. The number of benzene rings is 3. The zero-order chi connectivity index (χ0) is 18.6. The lowest BCUT2D eigenvalue weighted by molar-refractivity contribution is 0.102. The van der Waals surface area contributed by atoms with Gasteiger partial charge in [0.2, 0.25) is 0 Å². The van der Waals surface area contributed by atoms with Crippen LogP contribution in [0.5, 0.6) is 5.75 Å². The molecule has 0 unspecified atom stereocenters. The second-order valence-electron chi connectivity index (χ2n) is 5.96. The highest BCUT2D eigenvalue weighted by Gasteiger charge is 2.20. The molecule has 0 saturated carbocycles. The fourth-order valence-electron chi connectivity index (χ4n) is 3.01. The third kappa shape index (κ3) is 3.22. The molecule has 1 amide bonds. The van der Waals surface area contributed by atoms with E-state index in [-0.39, 0.29) is 5.91 Å². The van der Waals surface area contributed by atoms with E-state index < -0.39 is 0 Å². The number of rotatable bonds is 4. The van der Waals surface area contributed by atoms with Crippen molar-refractivity contribution in [2.45, 2.75) is 0 Å². The summed E-state index contributed by atoms with van der Waals surface area (Å²) in [6.07, 6.45) is 0. The number of amides is 1. The number of carbonyl (C=O) groups is 1. The van der Waals surface area contributed by atoms with Crippen LogP contribution in [0.2, 0.25) is 0 Å². The zero-order valence-electron chi connectivity index (χ0n) is 14.7. The molecule has 0 aliphatic heterocycles. The number of methoxy groups -OCH3 is 1. The Kier molecular flexibility index (Phi) is 4.49. The van der Waals surface area contributed by atoms with Crippen molar-refractivity contribution in [3.8, 4) is 17.0 Å². The number of hydrogen-bond acceptors (Lipinski definition) is 4. The van der Waals surface area contributed by atoms with Gasteiger partial charge in [-0.15, -0.1) is 10.2 Å². The molecule has 132 valence electrons. The van der Waals surface area contributed by atoms with E-state index in [9.17, 15) is 4.79 Å². The quantitative estimate of drug-likeness (QED) is 0.583. The Morgan fingerprint density at radius 1 is 0.852 bits per heavy atom. The number of aromatic nitrogens is 2. The molecule has 5 nitrogen and oxygen atoms in total. The van der Waals surface area contributed by atoms with Crippen molar-refractivity contribution in [1.29, 1.82) is 0 Å². The van der Waals surface area contributed by atoms with Gasteiger partial charge in [0.25, 0.3) is 5.91 Å². The van der Waals surface area contributed by atoms with Crippen LogP contribution in [-0.2, 0) is 0 Å². The first-order chi connectivity index (χ1) is 13.3. The van der Waals surface area contributed by atoms with E-state index in [1.54, 1.807) is 19.2 Å². The minimum atomic E-state index is -0.260. The number of fused-ring (bicyclic) bond motifs is 1. The maximum absolute atomic E-state index is 13.3. The van der Waals surface area contributed by atoms with Gasteiger partial charge in [-0.25, -0.2) is 0 Å². The first kappa shape index (κ1) is 16.7.